The number of ether oxygens (including phenoxy) is 1. The first-order valence-electron chi connectivity index (χ1n) is 12.2. The van der Waals surface area contributed by atoms with Gasteiger partial charge in [0, 0.05) is 18.7 Å². The van der Waals surface area contributed by atoms with Crippen LogP contribution < -0.4 is 4.74 Å². The Hall–Kier alpha value is -3.12. The van der Waals surface area contributed by atoms with Gasteiger partial charge in [0.2, 0.25) is 0 Å². The maximum atomic E-state index is 13.2. The Kier molecular flexibility index (Phi) is 8.88. The molecule has 0 saturated carbocycles. The zero-order valence-corrected chi connectivity index (χ0v) is 20.7. The van der Waals surface area contributed by atoms with Crippen molar-refractivity contribution in [2.75, 3.05) is 32.8 Å². The summed E-state index contributed by atoms with van der Waals surface area (Å²) in [5.74, 6) is -0.618. The standard InChI is InChI=1S/C28H36N2O4/c1-5-8-19-34-23-15-13-21(14-16-23)25-24(26(31)22-11-9-20(4)10-12-22)27(32)28(33)30(25)18-17-29(6-2)7-3/h9-16,25,31H,5-8,17-19H2,1-4H3. The van der Waals surface area contributed by atoms with Gasteiger partial charge in [0.1, 0.15) is 11.5 Å². The molecular formula is C28H36N2O4. The van der Waals surface area contributed by atoms with E-state index >= 15 is 0 Å². The number of likely N-dealkylation sites (N-methyl/N-ethyl adjacent to an activating group) is 1. The van der Waals surface area contributed by atoms with Crippen LogP contribution in [0.2, 0.25) is 0 Å². The van der Waals surface area contributed by atoms with Crippen LogP contribution in [-0.4, -0.2) is 59.4 Å². The number of hydrogen-bond acceptors (Lipinski definition) is 5. The molecule has 1 fully saturated rings. The third-order valence-corrected chi connectivity index (χ3v) is 6.38. The van der Waals surface area contributed by atoms with Crippen LogP contribution >= 0.6 is 0 Å². The Balaban J connectivity index is 2.01. The SMILES string of the molecule is CCCCOc1ccc(C2C(=C(O)c3ccc(C)cc3)C(=O)C(=O)N2CCN(CC)CC)cc1. The van der Waals surface area contributed by atoms with E-state index in [2.05, 4.69) is 25.7 Å². The Morgan fingerprint density at radius 3 is 2.24 bits per heavy atom. The van der Waals surface area contributed by atoms with Crippen molar-refractivity contribution in [3.05, 3.63) is 70.8 Å². The van der Waals surface area contributed by atoms with Gasteiger partial charge in [-0.2, -0.15) is 0 Å². The first-order chi connectivity index (χ1) is 16.4. The first-order valence-corrected chi connectivity index (χ1v) is 12.2. The number of ketones is 1. The summed E-state index contributed by atoms with van der Waals surface area (Å²) < 4.78 is 5.78. The number of carbonyl (C=O) groups excluding carboxylic acids is 2. The number of benzene rings is 2. The summed E-state index contributed by atoms with van der Waals surface area (Å²) in [5, 5.41) is 11.2. The maximum Gasteiger partial charge on any atom is 0.295 e. The predicted molar refractivity (Wildman–Crippen MR) is 135 cm³/mol. The van der Waals surface area contributed by atoms with Crippen LogP contribution in [0.4, 0.5) is 0 Å². The van der Waals surface area contributed by atoms with E-state index in [4.69, 9.17) is 4.74 Å². The Morgan fingerprint density at radius 2 is 1.65 bits per heavy atom. The quantitative estimate of drug-likeness (QED) is 0.221. The van der Waals surface area contributed by atoms with E-state index in [1.807, 2.05) is 43.3 Å². The highest BCUT2D eigenvalue weighted by molar-refractivity contribution is 6.46. The van der Waals surface area contributed by atoms with Gasteiger partial charge in [-0.1, -0.05) is 69.2 Å². The second-order valence-corrected chi connectivity index (χ2v) is 8.66. The van der Waals surface area contributed by atoms with E-state index < -0.39 is 17.7 Å². The van der Waals surface area contributed by atoms with E-state index in [9.17, 15) is 14.7 Å². The van der Waals surface area contributed by atoms with Crippen LogP contribution in [0.15, 0.2) is 54.1 Å². The highest BCUT2D eigenvalue weighted by Crippen LogP contribution is 2.39. The molecule has 3 rings (SSSR count). The summed E-state index contributed by atoms with van der Waals surface area (Å²) in [6, 6.07) is 14.1. The lowest BCUT2D eigenvalue weighted by Crippen LogP contribution is -2.38. The molecule has 0 aromatic heterocycles. The average molecular weight is 465 g/mol. The molecule has 2 aromatic rings. The zero-order chi connectivity index (χ0) is 24.7. The highest BCUT2D eigenvalue weighted by Gasteiger charge is 2.45. The molecule has 34 heavy (non-hydrogen) atoms. The number of aryl methyl sites for hydroxylation is 1. The lowest BCUT2D eigenvalue weighted by Gasteiger charge is -2.28. The third-order valence-electron chi connectivity index (χ3n) is 6.38. The van der Waals surface area contributed by atoms with Gasteiger partial charge in [-0.3, -0.25) is 9.59 Å². The molecule has 1 aliphatic rings. The fraction of sp³-hybridized carbons (Fsp3) is 0.429. The number of nitrogens with zero attached hydrogens (tertiary/aromatic N) is 2. The minimum atomic E-state index is -0.651. The predicted octanol–water partition coefficient (Wildman–Crippen LogP) is 4.94. The van der Waals surface area contributed by atoms with Crippen LogP contribution in [-0.2, 0) is 9.59 Å². The van der Waals surface area contributed by atoms with E-state index in [0.29, 0.717) is 25.3 Å². The molecule has 1 saturated heterocycles. The van der Waals surface area contributed by atoms with Crippen molar-refractivity contribution in [2.24, 2.45) is 0 Å². The largest absolute Gasteiger partial charge is 0.507 e. The van der Waals surface area contributed by atoms with Crippen molar-refractivity contribution < 1.29 is 19.4 Å². The lowest BCUT2D eigenvalue weighted by atomic mass is 9.95. The van der Waals surface area contributed by atoms with E-state index in [-0.39, 0.29) is 11.3 Å². The summed E-state index contributed by atoms with van der Waals surface area (Å²) in [7, 11) is 0. The van der Waals surface area contributed by atoms with E-state index in [0.717, 1.165) is 42.8 Å². The van der Waals surface area contributed by atoms with Crippen LogP contribution in [0, 0.1) is 6.92 Å². The van der Waals surface area contributed by atoms with Gasteiger partial charge in [-0.15, -0.1) is 0 Å². The summed E-state index contributed by atoms with van der Waals surface area (Å²) in [6.45, 7) is 11.6. The molecule has 1 aliphatic heterocycles. The van der Waals surface area contributed by atoms with Crippen molar-refractivity contribution in [3.8, 4) is 5.75 Å². The molecule has 0 radical (unpaired) electrons. The summed E-state index contributed by atoms with van der Waals surface area (Å²) in [6.07, 6.45) is 2.03. The average Bonchev–Trinajstić information content (AvgIpc) is 3.10. The number of aliphatic hydroxyl groups is 1. The van der Waals surface area contributed by atoms with Crippen LogP contribution in [0.5, 0.6) is 5.75 Å². The van der Waals surface area contributed by atoms with Gasteiger partial charge in [0.25, 0.3) is 11.7 Å². The van der Waals surface area contributed by atoms with Crippen molar-refractivity contribution in [3.63, 3.8) is 0 Å². The fourth-order valence-corrected chi connectivity index (χ4v) is 4.19. The number of unbranched alkanes of at least 4 members (excludes halogenated alkanes) is 1. The molecular weight excluding hydrogens is 428 g/mol. The molecule has 182 valence electrons. The first kappa shape index (κ1) is 25.5. The van der Waals surface area contributed by atoms with Gasteiger partial charge in [0.05, 0.1) is 18.2 Å². The molecule has 0 aliphatic carbocycles. The zero-order valence-electron chi connectivity index (χ0n) is 20.7. The van der Waals surface area contributed by atoms with Crippen LogP contribution in [0.25, 0.3) is 5.76 Å². The second kappa shape index (κ2) is 11.8. The maximum absolute atomic E-state index is 13.2. The van der Waals surface area contributed by atoms with E-state index in [1.54, 1.807) is 17.0 Å². The number of Topliss-reactive ketones (excluding diaryl/α,β-unsaturated/α-hetero) is 1. The number of amides is 1. The Labute approximate surface area is 202 Å². The van der Waals surface area contributed by atoms with Crippen LogP contribution in [0.3, 0.4) is 0 Å². The summed E-state index contributed by atoms with van der Waals surface area (Å²) >= 11 is 0. The number of carbonyl (C=O) groups is 2. The number of rotatable bonds is 11. The van der Waals surface area contributed by atoms with Crippen LogP contribution in [0.1, 0.15) is 56.3 Å². The van der Waals surface area contributed by atoms with Gasteiger partial charge >= 0.3 is 0 Å². The third kappa shape index (κ3) is 5.68. The van der Waals surface area contributed by atoms with Gasteiger partial charge in [-0.25, -0.2) is 0 Å². The number of aliphatic hydroxyl groups excluding tert-OH is 1. The van der Waals surface area contributed by atoms with Gasteiger partial charge in [-0.05, 0) is 44.1 Å². The molecule has 1 amide bonds. The molecule has 0 spiro atoms. The fourth-order valence-electron chi connectivity index (χ4n) is 4.19. The van der Waals surface area contributed by atoms with Crippen molar-refractivity contribution in [2.45, 2.75) is 46.6 Å². The monoisotopic (exact) mass is 464 g/mol. The molecule has 1 heterocycles. The molecule has 2 aromatic carbocycles. The molecule has 1 N–H and O–H groups in total. The molecule has 6 nitrogen and oxygen atoms in total. The Morgan fingerprint density at radius 1 is 1.00 bits per heavy atom. The highest BCUT2D eigenvalue weighted by atomic mass is 16.5. The summed E-state index contributed by atoms with van der Waals surface area (Å²) in [4.78, 5) is 30.1. The minimum absolute atomic E-state index is 0.132. The number of hydrogen-bond donors (Lipinski definition) is 1. The second-order valence-electron chi connectivity index (χ2n) is 8.66. The molecule has 1 unspecified atom stereocenters. The van der Waals surface area contributed by atoms with Crippen molar-refractivity contribution in [1.82, 2.24) is 9.80 Å². The summed E-state index contributed by atoms with van der Waals surface area (Å²) in [5.41, 5.74) is 2.48. The normalized spacial score (nSPS) is 17.6. The smallest absolute Gasteiger partial charge is 0.295 e. The molecule has 1 atom stereocenters. The lowest BCUT2D eigenvalue weighted by molar-refractivity contribution is -0.140. The number of likely N-dealkylation sites (tertiary alicyclic amines) is 1. The molecule has 6 heteroatoms. The van der Waals surface area contributed by atoms with Crippen molar-refractivity contribution >= 4 is 17.4 Å². The molecule has 0 bridgehead atoms. The van der Waals surface area contributed by atoms with Gasteiger partial charge < -0.3 is 19.6 Å². The Bertz CT molecular complexity index is 1010. The van der Waals surface area contributed by atoms with Gasteiger partial charge in [0.15, 0.2) is 0 Å². The van der Waals surface area contributed by atoms with Crippen molar-refractivity contribution in [1.29, 1.82) is 0 Å². The minimum Gasteiger partial charge on any atom is -0.507 e. The van der Waals surface area contributed by atoms with E-state index in [1.165, 1.54) is 0 Å². The topological polar surface area (TPSA) is 70.1 Å².